The molecule has 2 aromatic rings. The van der Waals surface area contributed by atoms with Gasteiger partial charge >= 0.3 is 12.1 Å². The minimum Gasteiger partial charge on any atom is -0.458 e. The van der Waals surface area contributed by atoms with Gasteiger partial charge in [-0.05, 0) is 57.6 Å². The van der Waals surface area contributed by atoms with Crippen molar-refractivity contribution < 1.29 is 29.0 Å². The molecule has 0 radical (unpaired) electrons. The number of aliphatic hydroxyl groups is 1. The number of nitrogens with zero attached hydrogens (tertiary/aromatic N) is 1. The standard InChI is InChI=1S/C28H36N2O6/c1-28(2,3)36-26(33)23-16-10-11-17-30(23)25(32)24(31)22(18-20-12-6-4-7-13-20)29-27(34)35-19-21-14-8-5-9-15-21/h4-9,12-15,22-24,31H,10-11,16-19H2,1-3H3,(H,29,34)/t22-,23?,24-/m0/s1. The van der Waals surface area contributed by atoms with Crippen LogP contribution in [0.25, 0.3) is 0 Å². The highest BCUT2D eigenvalue weighted by molar-refractivity contribution is 5.88. The third-order valence-electron chi connectivity index (χ3n) is 5.91. The van der Waals surface area contributed by atoms with E-state index in [1.807, 2.05) is 60.7 Å². The van der Waals surface area contributed by atoms with Crippen LogP contribution in [0.5, 0.6) is 0 Å². The first-order valence-corrected chi connectivity index (χ1v) is 12.4. The summed E-state index contributed by atoms with van der Waals surface area (Å²) in [5.74, 6) is -1.10. The van der Waals surface area contributed by atoms with Gasteiger partial charge in [-0.15, -0.1) is 0 Å². The van der Waals surface area contributed by atoms with Gasteiger partial charge in [0, 0.05) is 6.54 Å². The van der Waals surface area contributed by atoms with Crippen molar-refractivity contribution in [3.8, 4) is 0 Å². The molecule has 0 aromatic heterocycles. The van der Waals surface area contributed by atoms with Crippen LogP contribution in [0.3, 0.4) is 0 Å². The number of esters is 1. The van der Waals surface area contributed by atoms with Gasteiger partial charge in [-0.1, -0.05) is 60.7 Å². The number of benzene rings is 2. The number of hydrogen-bond donors (Lipinski definition) is 2. The van der Waals surface area contributed by atoms with E-state index in [1.54, 1.807) is 20.8 Å². The Balaban J connectivity index is 1.73. The Morgan fingerprint density at radius 1 is 1.00 bits per heavy atom. The number of alkyl carbamates (subject to hydrolysis) is 1. The molecule has 1 aliphatic heterocycles. The molecule has 1 aliphatic rings. The van der Waals surface area contributed by atoms with Crippen molar-refractivity contribution in [2.75, 3.05) is 6.54 Å². The van der Waals surface area contributed by atoms with Crippen LogP contribution in [0.1, 0.15) is 51.2 Å². The van der Waals surface area contributed by atoms with Gasteiger partial charge in [-0.2, -0.15) is 0 Å². The van der Waals surface area contributed by atoms with Crippen molar-refractivity contribution in [2.24, 2.45) is 0 Å². The normalized spacial score (nSPS) is 17.6. The summed E-state index contributed by atoms with van der Waals surface area (Å²) in [6, 6.07) is 16.8. The Morgan fingerprint density at radius 2 is 1.61 bits per heavy atom. The monoisotopic (exact) mass is 496 g/mol. The molecule has 0 spiro atoms. The largest absolute Gasteiger partial charge is 0.458 e. The Labute approximate surface area is 212 Å². The summed E-state index contributed by atoms with van der Waals surface area (Å²) in [5.41, 5.74) is 0.958. The Bertz CT molecular complexity index is 1010. The number of hydrogen-bond acceptors (Lipinski definition) is 6. The first-order valence-electron chi connectivity index (χ1n) is 12.4. The van der Waals surface area contributed by atoms with E-state index >= 15 is 0 Å². The molecule has 1 unspecified atom stereocenters. The van der Waals surface area contributed by atoms with E-state index in [1.165, 1.54) is 4.90 Å². The number of ether oxygens (including phenoxy) is 2. The van der Waals surface area contributed by atoms with Crippen LogP contribution >= 0.6 is 0 Å². The van der Waals surface area contributed by atoms with Crippen molar-refractivity contribution in [1.29, 1.82) is 0 Å². The summed E-state index contributed by atoms with van der Waals surface area (Å²) in [7, 11) is 0. The van der Waals surface area contributed by atoms with Gasteiger partial charge in [0.15, 0.2) is 6.10 Å². The number of amides is 2. The summed E-state index contributed by atoms with van der Waals surface area (Å²) in [5, 5.41) is 13.8. The number of piperidine rings is 1. The fraction of sp³-hybridized carbons (Fsp3) is 0.464. The van der Waals surface area contributed by atoms with Gasteiger partial charge in [0.2, 0.25) is 0 Å². The van der Waals surface area contributed by atoms with Crippen LogP contribution < -0.4 is 5.32 Å². The summed E-state index contributed by atoms with van der Waals surface area (Å²) >= 11 is 0. The highest BCUT2D eigenvalue weighted by Crippen LogP contribution is 2.23. The maximum atomic E-state index is 13.4. The number of carbonyl (C=O) groups is 3. The number of rotatable bonds is 8. The molecule has 2 amide bonds. The second-order valence-electron chi connectivity index (χ2n) is 10.0. The minimum absolute atomic E-state index is 0.0572. The van der Waals surface area contributed by atoms with E-state index in [0.717, 1.165) is 17.5 Å². The van der Waals surface area contributed by atoms with Crippen molar-refractivity contribution in [2.45, 2.75) is 76.9 Å². The summed E-state index contributed by atoms with van der Waals surface area (Å²) in [4.78, 5) is 40.3. The number of carbonyl (C=O) groups excluding carboxylic acids is 3. The smallest absolute Gasteiger partial charge is 0.407 e. The van der Waals surface area contributed by atoms with E-state index in [4.69, 9.17) is 9.47 Å². The summed E-state index contributed by atoms with van der Waals surface area (Å²) < 4.78 is 10.9. The Morgan fingerprint density at radius 3 is 2.22 bits per heavy atom. The molecule has 1 heterocycles. The average molecular weight is 497 g/mol. The predicted molar refractivity (Wildman–Crippen MR) is 135 cm³/mol. The zero-order valence-electron chi connectivity index (χ0n) is 21.2. The fourth-order valence-corrected chi connectivity index (χ4v) is 4.18. The first kappa shape index (κ1) is 27.2. The topological polar surface area (TPSA) is 105 Å². The van der Waals surface area contributed by atoms with Crippen molar-refractivity contribution in [3.05, 3.63) is 71.8 Å². The van der Waals surface area contributed by atoms with Gasteiger partial charge in [-0.3, -0.25) is 4.79 Å². The third-order valence-corrected chi connectivity index (χ3v) is 5.91. The SMILES string of the molecule is CC(C)(C)OC(=O)C1CCCCN1C(=O)[C@@H](O)[C@H](Cc1ccccc1)NC(=O)OCc1ccccc1. The zero-order chi connectivity index (χ0) is 26.1. The summed E-state index contributed by atoms with van der Waals surface area (Å²) in [6.45, 7) is 5.71. The van der Waals surface area contributed by atoms with E-state index in [2.05, 4.69) is 5.32 Å². The molecule has 3 atom stereocenters. The van der Waals surface area contributed by atoms with Crippen LogP contribution in [0.2, 0.25) is 0 Å². The lowest BCUT2D eigenvalue weighted by atomic mass is 9.97. The zero-order valence-corrected chi connectivity index (χ0v) is 21.2. The first-order chi connectivity index (χ1) is 17.1. The van der Waals surface area contributed by atoms with E-state index in [0.29, 0.717) is 19.4 Å². The van der Waals surface area contributed by atoms with Crippen molar-refractivity contribution in [1.82, 2.24) is 10.2 Å². The molecule has 2 aromatic carbocycles. The molecule has 2 N–H and O–H groups in total. The lowest BCUT2D eigenvalue weighted by Crippen LogP contribution is -2.58. The van der Waals surface area contributed by atoms with Gasteiger partial charge in [0.05, 0.1) is 6.04 Å². The number of aliphatic hydroxyl groups excluding tert-OH is 1. The molecule has 3 rings (SSSR count). The molecule has 36 heavy (non-hydrogen) atoms. The molecule has 0 bridgehead atoms. The number of nitrogens with one attached hydrogen (secondary N) is 1. The van der Waals surface area contributed by atoms with E-state index in [-0.39, 0.29) is 13.0 Å². The lowest BCUT2D eigenvalue weighted by molar-refractivity contribution is -0.169. The number of likely N-dealkylation sites (tertiary alicyclic amines) is 1. The molecular formula is C28H36N2O6. The molecule has 0 saturated carbocycles. The van der Waals surface area contributed by atoms with Crippen molar-refractivity contribution in [3.63, 3.8) is 0 Å². The van der Waals surface area contributed by atoms with Crippen LogP contribution in [0.15, 0.2) is 60.7 Å². The minimum atomic E-state index is -1.57. The fourth-order valence-electron chi connectivity index (χ4n) is 4.18. The van der Waals surface area contributed by atoms with Crippen LogP contribution in [0.4, 0.5) is 4.79 Å². The summed E-state index contributed by atoms with van der Waals surface area (Å²) in [6.07, 6.45) is -0.149. The molecular weight excluding hydrogens is 460 g/mol. The molecule has 8 heteroatoms. The maximum absolute atomic E-state index is 13.4. The van der Waals surface area contributed by atoms with E-state index in [9.17, 15) is 19.5 Å². The van der Waals surface area contributed by atoms with Crippen LogP contribution in [0, 0.1) is 0 Å². The Kier molecular flexibility index (Phi) is 9.47. The predicted octanol–water partition coefficient (Wildman–Crippen LogP) is 3.61. The quantitative estimate of drug-likeness (QED) is 0.541. The Hall–Kier alpha value is -3.39. The molecule has 194 valence electrons. The van der Waals surface area contributed by atoms with E-state index < -0.39 is 41.8 Å². The van der Waals surface area contributed by atoms with Crippen molar-refractivity contribution >= 4 is 18.0 Å². The molecule has 0 aliphatic carbocycles. The maximum Gasteiger partial charge on any atom is 0.407 e. The highest BCUT2D eigenvalue weighted by Gasteiger charge is 2.40. The second kappa shape index (κ2) is 12.5. The molecule has 1 fully saturated rings. The van der Waals surface area contributed by atoms with Crippen LogP contribution in [-0.2, 0) is 32.1 Å². The lowest BCUT2D eigenvalue weighted by Gasteiger charge is -2.38. The molecule has 1 saturated heterocycles. The second-order valence-corrected chi connectivity index (χ2v) is 10.0. The average Bonchev–Trinajstić information content (AvgIpc) is 2.86. The van der Waals surface area contributed by atoms with Crippen LogP contribution in [-0.4, -0.2) is 58.3 Å². The van der Waals surface area contributed by atoms with Gasteiger partial charge in [0.25, 0.3) is 5.91 Å². The highest BCUT2D eigenvalue weighted by atomic mass is 16.6. The van der Waals surface area contributed by atoms with Gasteiger partial charge < -0.3 is 24.8 Å². The third kappa shape index (κ3) is 8.09. The van der Waals surface area contributed by atoms with Gasteiger partial charge in [-0.25, -0.2) is 9.59 Å². The van der Waals surface area contributed by atoms with Gasteiger partial charge in [0.1, 0.15) is 18.2 Å². The molecule has 8 nitrogen and oxygen atoms in total.